The predicted molar refractivity (Wildman–Crippen MR) is 131 cm³/mol. The summed E-state index contributed by atoms with van der Waals surface area (Å²) in [5.41, 5.74) is 3.18. The van der Waals surface area contributed by atoms with Crippen molar-refractivity contribution in [2.75, 3.05) is 25.7 Å². The summed E-state index contributed by atoms with van der Waals surface area (Å²) in [6, 6.07) is 15.0. The first kappa shape index (κ1) is 22.8. The highest BCUT2D eigenvalue weighted by atomic mass is 35.5. The lowest BCUT2D eigenvalue weighted by atomic mass is 10.1. The molecule has 0 radical (unpaired) electrons. The Morgan fingerprint density at radius 2 is 1.91 bits per heavy atom. The lowest BCUT2D eigenvalue weighted by Crippen LogP contribution is -2.31. The summed E-state index contributed by atoms with van der Waals surface area (Å²) in [4.78, 5) is 19.9. The van der Waals surface area contributed by atoms with Crippen LogP contribution in [0.2, 0.25) is 5.15 Å². The number of carbonyl (C=O) groups is 1. The number of benzene rings is 2. The first-order chi connectivity index (χ1) is 16.0. The summed E-state index contributed by atoms with van der Waals surface area (Å²) in [5, 5.41) is 7.22. The van der Waals surface area contributed by atoms with Gasteiger partial charge in [0.25, 0.3) is 5.91 Å². The molecule has 0 fully saturated rings. The monoisotopic (exact) mass is 482 g/mol. The Balaban J connectivity index is 1.70. The molecule has 4 aromatic rings. The molecule has 4 rings (SSSR count). The predicted octanol–water partition coefficient (Wildman–Crippen LogP) is 5.64. The van der Waals surface area contributed by atoms with E-state index >= 15 is 0 Å². The van der Waals surface area contributed by atoms with E-state index in [1.165, 1.54) is 11.3 Å². The van der Waals surface area contributed by atoms with Crippen molar-refractivity contribution in [2.24, 2.45) is 0 Å². The second-order valence-corrected chi connectivity index (χ2v) is 8.32. The zero-order chi connectivity index (χ0) is 23.5. The number of anilines is 1. The normalized spacial score (nSPS) is 10.8. The highest BCUT2D eigenvalue weighted by molar-refractivity contribution is 7.14. The van der Waals surface area contributed by atoms with Crippen LogP contribution in [0.15, 0.2) is 53.9 Å². The Bertz CT molecular complexity index is 1290. The van der Waals surface area contributed by atoms with Crippen molar-refractivity contribution in [2.45, 2.75) is 13.8 Å². The average molecular weight is 483 g/mol. The number of para-hydroxylation sites is 1. The number of rotatable bonds is 7. The first-order valence-electron chi connectivity index (χ1n) is 10.3. The third-order valence-corrected chi connectivity index (χ3v) is 6.40. The summed E-state index contributed by atoms with van der Waals surface area (Å²) in [6.07, 6.45) is 0. The van der Waals surface area contributed by atoms with E-state index in [0.717, 1.165) is 11.3 Å². The van der Waals surface area contributed by atoms with E-state index in [-0.39, 0.29) is 11.1 Å². The van der Waals surface area contributed by atoms with Crippen LogP contribution in [0.4, 0.5) is 5.13 Å². The van der Waals surface area contributed by atoms with Crippen LogP contribution in [0.25, 0.3) is 16.9 Å². The standard InChI is InChI=1S/C24H23ClN4O3S/c1-5-28(23(30)21-15(2)27-29(22(21)25)16-9-7-6-8-10-16)24-26-19(14-33-24)18-13-17(31-3)11-12-20(18)32-4/h6-14H,5H2,1-4H3. The summed E-state index contributed by atoms with van der Waals surface area (Å²) >= 11 is 8.00. The third kappa shape index (κ3) is 4.31. The number of ether oxygens (including phenoxy) is 2. The van der Waals surface area contributed by atoms with Gasteiger partial charge in [0.2, 0.25) is 0 Å². The number of thiazole rings is 1. The Morgan fingerprint density at radius 1 is 1.15 bits per heavy atom. The number of carbonyl (C=O) groups excluding carboxylic acids is 1. The molecule has 0 saturated heterocycles. The second-order valence-electron chi connectivity index (χ2n) is 7.13. The van der Waals surface area contributed by atoms with Crippen molar-refractivity contribution in [1.82, 2.24) is 14.8 Å². The van der Waals surface area contributed by atoms with Crippen molar-refractivity contribution in [3.63, 3.8) is 0 Å². The third-order valence-electron chi connectivity index (χ3n) is 5.19. The van der Waals surface area contributed by atoms with Gasteiger partial charge in [-0.1, -0.05) is 29.8 Å². The van der Waals surface area contributed by atoms with E-state index in [4.69, 9.17) is 26.1 Å². The van der Waals surface area contributed by atoms with Crippen LogP contribution < -0.4 is 14.4 Å². The smallest absolute Gasteiger partial charge is 0.265 e. The maximum atomic E-state index is 13.5. The van der Waals surface area contributed by atoms with E-state index in [9.17, 15) is 4.79 Å². The van der Waals surface area contributed by atoms with Gasteiger partial charge in [-0.3, -0.25) is 9.69 Å². The lowest BCUT2D eigenvalue weighted by Gasteiger charge is -2.17. The van der Waals surface area contributed by atoms with Gasteiger partial charge >= 0.3 is 0 Å². The van der Waals surface area contributed by atoms with Crippen molar-refractivity contribution in [3.05, 3.63) is 70.3 Å². The van der Waals surface area contributed by atoms with Crippen molar-refractivity contribution in [1.29, 1.82) is 0 Å². The van der Waals surface area contributed by atoms with Crippen LogP contribution in [0.3, 0.4) is 0 Å². The molecule has 2 aromatic carbocycles. The largest absolute Gasteiger partial charge is 0.497 e. The zero-order valence-corrected chi connectivity index (χ0v) is 20.3. The maximum Gasteiger partial charge on any atom is 0.265 e. The minimum atomic E-state index is -0.249. The zero-order valence-electron chi connectivity index (χ0n) is 18.7. The van der Waals surface area contributed by atoms with E-state index in [1.807, 2.05) is 60.8 Å². The Kier molecular flexibility index (Phi) is 6.67. The molecule has 33 heavy (non-hydrogen) atoms. The van der Waals surface area contributed by atoms with Gasteiger partial charge in [0.15, 0.2) is 5.13 Å². The fourth-order valence-electron chi connectivity index (χ4n) is 3.51. The van der Waals surface area contributed by atoms with Crippen LogP contribution in [0, 0.1) is 6.92 Å². The van der Waals surface area contributed by atoms with Crippen molar-refractivity contribution < 1.29 is 14.3 Å². The summed E-state index contributed by atoms with van der Waals surface area (Å²) in [7, 11) is 3.22. The molecule has 7 nitrogen and oxygen atoms in total. The second kappa shape index (κ2) is 9.64. The summed E-state index contributed by atoms with van der Waals surface area (Å²) in [6.45, 7) is 4.10. The molecule has 0 saturated carbocycles. The Hall–Kier alpha value is -3.36. The fraction of sp³-hybridized carbons (Fsp3) is 0.208. The van der Waals surface area contributed by atoms with E-state index < -0.39 is 0 Å². The quantitative estimate of drug-likeness (QED) is 0.341. The molecule has 9 heteroatoms. The molecule has 2 heterocycles. The van der Waals surface area contributed by atoms with Gasteiger partial charge in [-0.2, -0.15) is 5.10 Å². The van der Waals surface area contributed by atoms with E-state index in [0.29, 0.717) is 40.1 Å². The molecule has 0 aliphatic rings. The maximum absolute atomic E-state index is 13.5. The van der Waals surface area contributed by atoms with Crippen molar-refractivity contribution in [3.8, 4) is 28.4 Å². The SMILES string of the molecule is CCN(C(=O)c1c(C)nn(-c2ccccc2)c1Cl)c1nc(-c2cc(OC)ccc2OC)cs1. The topological polar surface area (TPSA) is 69.5 Å². The van der Waals surface area contributed by atoms with Crippen LogP contribution in [-0.2, 0) is 0 Å². The van der Waals surface area contributed by atoms with Gasteiger partial charge in [-0.15, -0.1) is 11.3 Å². The number of hydrogen-bond donors (Lipinski definition) is 0. The van der Waals surface area contributed by atoms with Crippen molar-refractivity contribution >= 4 is 34.0 Å². The molecule has 170 valence electrons. The minimum Gasteiger partial charge on any atom is -0.497 e. The Labute approximate surface area is 201 Å². The number of halogens is 1. The minimum absolute atomic E-state index is 0.249. The lowest BCUT2D eigenvalue weighted by molar-refractivity contribution is 0.0988. The molecule has 2 aromatic heterocycles. The van der Waals surface area contributed by atoms with Gasteiger partial charge in [0, 0.05) is 17.5 Å². The molecule has 0 unspecified atom stereocenters. The first-order valence-corrected chi connectivity index (χ1v) is 11.5. The van der Waals surface area contributed by atoms with Gasteiger partial charge in [-0.25, -0.2) is 9.67 Å². The van der Waals surface area contributed by atoms with Crippen LogP contribution in [0.5, 0.6) is 11.5 Å². The molecule has 0 atom stereocenters. The number of aromatic nitrogens is 3. The number of hydrogen-bond acceptors (Lipinski definition) is 6. The summed E-state index contributed by atoms with van der Waals surface area (Å²) in [5.74, 6) is 1.12. The molecule has 0 aliphatic carbocycles. The van der Waals surface area contributed by atoms with Gasteiger partial charge < -0.3 is 9.47 Å². The molecular formula is C24H23ClN4O3S. The number of amides is 1. The summed E-state index contributed by atoms with van der Waals surface area (Å²) < 4.78 is 12.4. The van der Waals surface area contributed by atoms with Gasteiger partial charge in [0.05, 0.1) is 31.3 Å². The molecule has 0 N–H and O–H groups in total. The average Bonchev–Trinajstić information content (AvgIpc) is 3.44. The Morgan fingerprint density at radius 3 is 2.58 bits per heavy atom. The highest BCUT2D eigenvalue weighted by Crippen LogP contribution is 2.36. The fourth-order valence-corrected chi connectivity index (χ4v) is 4.75. The number of methoxy groups -OCH3 is 2. The highest BCUT2D eigenvalue weighted by Gasteiger charge is 2.27. The van der Waals surface area contributed by atoms with Gasteiger partial charge in [-0.05, 0) is 44.2 Å². The number of aryl methyl sites for hydroxylation is 1. The van der Waals surface area contributed by atoms with Crippen LogP contribution in [-0.4, -0.2) is 41.4 Å². The molecular weight excluding hydrogens is 460 g/mol. The van der Waals surface area contributed by atoms with E-state index in [2.05, 4.69) is 5.10 Å². The van der Waals surface area contributed by atoms with E-state index in [1.54, 1.807) is 30.7 Å². The number of nitrogens with zero attached hydrogens (tertiary/aromatic N) is 4. The molecule has 1 amide bonds. The van der Waals surface area contributed by atoms with Crippen LogP contribution in [0.1, 0.15) is 23.0 Å². The molecule has 0 spiro atoms. The molecule has 0 aliphatic heterocycles. The molecule has 0 bridgehead atoms. The van der Waals surface area contributed by atoms with Gasteiger partial charge in [0.1, 0.15) is 22.2 Å². The van der Waals surface area contributed by atoms with Crippen LogP contribution >= 0.6 is 22.9 Å².